The number of nitrogens with one attached hydrogen (secondary N) is 1. The largest absolute Gasteiger partial charge is 0.477 e. The van der Waals surface area contributed by atoms with E-state index in [4.69, 9.17) is 27.9 Å². The molecule has 0 aliphatic heterocycles. The van der Waals surface area contributed by atoms with E-state index in [2.05, 4.69) is 24.1 Å². The van der Waals surface area contributed by atoms with Gasteiger partial charge in [0.05, 0.1) is 11.6 Å². The third-order valence-electron chi connectivity index (χ3n) is 2.18. The number of hydrogen-bond donors (Lipinski definition) is 1. The molecule has 1 rings (SSSR count). The average Bonchev–Trinajstić information content (AvgIpc) is 2.24. The van der Waals surface area contributed by atoms with Crippen LogP contribution in [0, 0.1) is 5.92 Å². The lowest BCUT2D eigenvalue weighted by Crippen LogP contribution is -2.06. The van der Waals surface area contributed by atoms with Gasteiger partial charge >= 0.3 is 0 Å². The molecule has 0 unspecified atom stereocenters. The zero-order valence-corrected chi connectivity index (χ0v) is 11.9. The molecule has 0 aliphatic carbocycles. The quantitative estimate of drug-likeness (QED) is 0.844. The summed E-state index contributed by atoms with van der Waals surface area (Å²) in [6.45, 7) is 7.62. The maximum atomic E-state index is 6.02. The molecule has 0 saturated heterocycles. The highest BCUT2D eigenvalue weighted by molar-refractivity contribution is 6.36. The van der Waals surface area contributed by atoms with E-state index in [0.29, 0.717) is 34.3 Å². The second kappa shape index (κ2) is 6.92. The third kappa shape index (κ3) is 4.60. The summed E-state index contributed by atoms with van der Waals surface area (Å²) in [5.41, 5.74) is 0. The summed E-state index contributed by atoms with van der Waals surface area (Å²) in [6.07, 6.45) is 0.969. The van der Waals surface area contributed by atoms with Gasteiger partial charge in [0.1, 0.15) is 10.8 Å². The molecule has 1 heterocycles. The maximum Gasteiger partial charge on any atom is 0.234 e. The highest BCUT2D eigenvalue weighted by Gasteiger charge is 2.10. The fourth-order valence-electron chi connectivity index (χ4n) is 1.23. The SMILES string of the molecule is CCNc1nc(OCCC(C)C)c(Cl)cc1Cl. The molecule has 1 aromatic heterocycles. The Bertz CT molecular complexity index is 370. The molecule has 0 radical (unpaired) electrons. The lowest BCUT2D eigenvalue weighted by atomic mass is 10.1. The van der Waals surface area contributed by atoms with Gasteiger partial charge < -0.3 is 10.1 Å². The molecule has 96 valence electrons. The van der Waals surface area contributed by atoms with E-state index in [-0.39, 0.29) is 0 Å². The third-order valence-corrected chi connectivity index (χ3v) is 2.73. The highest BCUT2D eigenvalue weighted by Crippen LogP contribution is 2.30. The van der Waals surface area contributed by atoms with E-state index in [1.54, 1.807) is 6.07 Å². The van der Waals surface area contributed by atoms with Gasteiger partial charge in [-0.05, 0) is 25.3 Å². The summed E-state index contributed by atoms with van der Waals surface area (Å²) in [5, 5.41) is 4.01. The van der Waals surface area contributed by atoms with Crippen molar-refractivity contribution in [1.82, 2.24) is 4.98 Å². The number of halogens is 2. The van der Waals surface area contributed by atoms with Crippen LogP contribution < -0.4 is 10.1 Å². The number of hydrogen-bond acceptors (Lipinski definition) is 3. The standard InChI is InChI=1S/C12H18Cl2N2O/c1-4-15-11-9(13)7-10(14)12(16-11)17-6-5-8(2)3/h7-8H,4-6H2,1-3H3,(H,15,16). The van der Waals surface area contributed by atoms with Gasteiger partial charge in [-0.1, -0.05) is 37.0 Å². The van der Waals surface area contributed by atoms with Crippen LogP contribution in [0.15, 0.2) is 6.07 Å². The first kappa shape index (κ1) is 14.4. The normalized spacial score (nSPS) is 10.7. The Kier molecular flexibility index (Phi) is 5.86. The second-order valence-corrected chi connectivity index (χ2v) is 4.98. The Morgan fingerprint density at radius 2 is 2.06 bits per heavy atom. The van der Waals surface area contributed by atoms with Crippen LogP contribution in [0.4, 0.5) is 5.82 Å². The van der Waals surface area contributed by atoms with Crippen molar-refractivity contribution in [3.8, 4) is 5.88 Å². The molecule has 0 fully saturated rings. The van der Waals surface area contributed by atoms with Crippen molar-refractivity contribution in [2.75, 3.05) is 18.5 Å². The molecule has 0 aromatic carbocycles. The minimum absolute atomic E-state index is 0.438. The van der Waals surface area contributed by atoms with E-state index < -0.39 is 0 Å². The molecule has 1 N–H and O–H groups in total. The highest BCUT2D eigenvalue weighted by atomic mass is 35.5. The molecule has 0 aliphatic rings. The van der Waals surface area contributed by atoms with Gasteiger partial charge in [-0.15, -0.1) is 0 Å². The van der Waals surface area contributed by atoms with Gasteiger partial charge in [0.15, 0.2) is 0 Å². The zero-order chi connectivity index (χ0) is 12.8. The Morgan fingerprint density at radius 1 is 1.35 bits per heavy atom. The fourth-order valence-corrected chi connectivity index (χ4v) is 1.71. The Morgan fingerprint density at radius 3 is 2.65 bits per heavy atom. The summed E-state index contributed by atoms with van der Waals surface area (Å²) in [6, 6.07) is 1.65. The van der Waals surface area contributed by atoms with Gasteiger partial charge in [0.2, 0.25) is 5.88 Å². The average molecular weight is 277 g/mol. The van der Waals surface area contributed by atoms with Crippen molar-refractivity contribution in [2.24, 2.45) is 5.92 Å². The molecular formula is C12H18Cl2N2O. The van der Waals surface area contributed by atoms with Gasteiger partial charge in [-0.2, -0.15) is 4.98 Å². The molecule has 0 saturated carbocycles. The Balaban J connectivity index is 2.73. The molecule has 0 atom stereocenters. The number of ether oxygens (including phenoxy) is 1. The molecule has 0 bridgehead atoms. The molecule has 0 amide bonds. The van der Waals surface area contributed by atoms with Crippen LogP contribution in [-0.4, -0.2) is 18.1 Å². The number of rotatable bonds is 6. The van der Waals surface area contributed by atoms with Crippen LogP contribution in [0.3, 0.4) is 0 Å². The number of pyridine rings is 1. The molecule has 17 heavy (non-hydrogen) atoms. The van der Waals surface area contributed by atoms with Crippen molar-refractivity contribution in [2.45, 2.75) is 27.2 Å². The van der Waals surface area contributed by atoms with Crippen molar-refractivity contribution in [3.63, 3.8) is 0 Å². The van der Waals surface area contributed by atoms with Gasteiger partial charge in [0, 0.05) is 6.54 Å². The molecule has 3 nitrogen and oxygen atoms in total. The summed E-state index contributed by atoms with van der Waals surface area (Å²) in [7, 11) is 0. The molecule has 0 spiro atoms. The molecule has 1 aromatic rings. The Labute approximate surface area is 112 Å². The van der Waals surface area contributed by atoms with Crippen LogP contribution in [0.25, 0.3) is 0 Å². The van der Waals surface area contributed by atoms with E-state index in [9.17, 15) is 0 Å². The predicted octanol–water partition coefficient (Wildman–Crippen LogP) is 4.25. The van der Waals surface area contributed by atoms with E-state index in [0.717, 1.165) is 13.0 Å². The van der Waals surface area contributed by atoms with E-state index in [1.807, 2.05) is 6.92 Å². The lowest BCUT2D eigenvalue weighted by molar-refractivity contribution is 0.280. The van der Waals surface area contributed by atoms with Crippen molar-refractivity contribution in [3.05, 3.63) is 16.1 Å². The first-order chi connectivity index (χ1) is 8.04. The maximum absolute atomic E-state index is 6.02. The minimum atomic E-state index is 0.438. The van der Waals surface area contributed by atoms with Crippen LogP contribution in [0.2, 0.25) is 10.0 Å². The van der Waals surface area contributed by atoms with Gasteiger partial charge in [0.25, 0.3) is 0 Å². The topological polar surface area (TPSA) is 34.2 Å². The van der Waals surface area contributed by atoms with Crippen LogP contribution in [0.5, 0.6) is 5.88 Å². The van der Waals surface area contributed by atoms with Crippen LogP contribution >= 0.6 is 23.2 Å². The number of anilines is 1. The minimum Gasteiger partial charge on any atom is -0.477 e. The Hall–Kier alpha value is -0.670. The second-order valence-electron chi connectivity index (χ2n) is 4.17. The summed E-state index contributed by atoms with van der Waals surface area (Å²) < 4.78 is 5.55. The predicted molar refractivity (Wildman–Crippen MR) is 73.4 cm³/mol. The zero-order valence-electron chi connectivity index (χ0n) is 10.4. The monoisotopic (exact) mass is 276 g/mol. The first-order valence-corrected chi connectivity index (χ1v) is 6.52. The molecule has 5 heteroatoms. The van der Waals surface area contributed by atoms with E-state index >= 15 is 0 Å². The lowest BCUT2D eigenvalue weighted by Gasteiger charge is -2.11. The van der Waals surface area contributed by atoms with Gasteiger partial charge in [-0.3, -0.25) is 0 Å². The summed E-state index contributed by atoms with van der Waals surface area (Å²) >= 11 is 12.0. The van der Waals surface area contributed by atoms with Crippen molar-refractivity contribution >= 4 is 29.0 Å². The van der Waals surface area contributed by atoms with E-state index in [1.165, 1.54) is 0 Å². The summed E-state index contributed by atoms with van der Waals surface area (Å²) in [5.74, 6) is 1.64. The number of nitrogens with zero attached hydrogens (tertiary/aromatic N) is 1. The van der Waals surface area contributed by atoms with Crippen LogP contribution in [-0.2, 0) is 0 Å². The van der Waals surface area contributed by atoms with Crippen LogP contribution in [0.1, 0.15) is 27.2 Å². The van der Waals surface area contributed by atoms with Crippen molar-refractivity contribution < 1.29 is 4.74 Å². The molecular weight excluding hydrogens is 259 g/mol. The van der Waals surface area contributed by atoms with Crippen molar-refractivity contribution in [1.29, 1.82) is 0 Å². The smallest absolute Gasteiger partial charge is 0.234 e. The fraction of sp³-hybridized carbons (Fsp3) is 0.583. The first-order valence-electron chi connectivity index (χ1n) is 5.77. The number of aromatic nitrogens is 1. The summed E-state index contributed by atoms with van der Waals surface area (Å²) in [4.78, 5) is 4.26. The van der Waals surface area contributed by atoms with Gasteiger partial charge in [-0.25, -0.2) is 0 Å².